The number of alkyl halides is 3. The second kappa shape index (κ2) is 4.39. The molecule has 2 aromatic rings. The third kappa shape index (κ3) is 2.54. The van der Waals surface area contributed by atoms with Crippen LogP contribution in [-0.2, 0) is 6.18 Å². The number of benzene rings is 1. The second-order valence-electron chi connectivity index (χ2n) is 4.67. The Balaban J connectivity index is 1.93. The van der Waals surface area contributed by atoms with Gasteiger partial charge in [0.05, 0.1) is 11.3 Å². The second-order valence-corrected chi connectivity index (χ2v) is 4.67. The van der Waals surface area contributed by atoms with E-state index in [0.29, 0.717) is 12.0 Å². The SMILES string of the molecule is Nc1nc(NC2CC2)nn1-c1cccc(C(F)(F)F)c1. The Morgan fingerprint density at radius 3 is 2.70 bits per heavy atom. The number of nitrogens with two attached hydrogens (primary N) is 1. The first kappa shape index (κ1) is 12.8. The lowest BCUT2D eigenvalue weighted by Crippen LogP contribution is -2.08. The summed E-state index contributed by atoms with van der Waals surface area (Å²) < 4.78 is 39.2. The molecule has 0 amide bonds. The summed E-state index contributed by atoms with van der Waals surface area (Å²) in [5, 5.41) is 7.13. The number of nitrogen functional groups attached to an aromatic ring is 1. The maximum absolute atomic E-state index is 12.7. The van der Waals surface area contributed by atoms with Crippen molar-refractivity contribution in [2.24, 2.45) is 0 Å². The molecule has 106 valence electrons. The van der Waals surface area contributed by atoms with E-state index in [0.717, 1.165) is 25.0 Å². The largest absolute Gasteiger partial charge is 0.416 e. The quantitative estimate of drug-likeness (QED) is 0.907. The number of nitrogens with one attached hydrogen (secondary N) is 1. The van der Waals surface area contributed by atoms with Gasteiger partial charge in [-0.1, -0.05) is 6.07 Å². The van der Waals surface area contributed by atoms with Crippen LogP contribution < -0.4 is 11.1 Å². The number of hydrogen-bond acceptors (Lipinski definition) is 4. The third-order valence-electron chi connectivity index (χ3n) is 2.96. The van der Waals surface area contributed by atoms with Crippen LogP contribution in [0.1, 0.15) is 18.4 Å². The lowest BCUT2D eigenvalue weighted by atomic mass is 10.2. The van der Waals surface area contributed by atoms with Crippen molar-refractivity contribution in [3.8, 4) is 5.69 Å². The molecule has 0 atom stereocenters. The van der Waals surface area contributed by atoms with Gasteiger partial charge in [-0.3, -0.25) is 0 Å². The molecular weight excluding hydrogens is 271 g/mol. The average Bonchev–Trinajstić information content (AvgIpc) is 3.11. The number of rotatable bonds is 3. The lowest BCUT2D eigenvalue weighted by Gasteiger charge is -2.08. The Morgan fingerprint density at radius 2 is 2.05 bits per heavy atom. The van der Waals surface area contributed by atoms with E-state index >= 15 is 0 Å². The first-order valence-electron chi connectivity index (χ1n) is 6.10. The lowest BCUT2D eigenvalue weighted by molar-refractivity contribution is -0.137. The summed E-state index contributed by atoms with van der Waals surface area (Å²) in [6.45, 7) is 0. The molecule has 1 aromatic carbocycles. The number of aromatic nitrogens is 3. The molecule has 0 saturated heterocycles. The van der Waals surface area contributed by atoms with Crippen LogP contribution in [0.5, 0.6) is 0 Å². The molecular formula is C12H12F3N5. The monoisotopic (exact) mass is 283 g/mol. The van der Waals surface area contributed by atoms with Crippen molar-refractivity contribution in [1.82, 2.24) is 14.8 Å². The fourth-order valence-electron chi connectivity index (χ4n) is 1.80. The summed E-state index contributed by atoms with van der Waals surface area (Å²) in [6.07, 6.45) is -2.32. The normalized spacial score (nSPS) is 15.3. The molecule has 1 aromatic heterocycles. The molecule has 3 rings (SSSR count). The topological polar surface area (TPSA) is 68.8 Å². The molecule has 0 bridgehead atoms. The van der Waals surface area contributed by atoms with Gasteiger partial charge in [-0.05, 0) is 31.0 Å². The first-order valence-corrected chi connectivity index (χ1v) is 6.10. The summed E-state index contributed by atoms with van der Waals surface area (Å²) in [7, 11) is 0. The van der Waals surface area contributed by atoms with Gasteiger partial charge >= 0.3 is 6.18 Å². The molecule has 1 fully saturated rings. The summed E-state index contributed by atoms with van der Waals surface area (Å²) in [5.74, 6) is 0.384. The molecule has 3 N–H and O–H groups in total. The van der Waals surface area contributed by atoms with E-state index in [2.05, 4.69) is 15.4 Å². The first-order chi connectivity index (χ1) is 9.43. The number of hydrogen-bond donors (Lipinski definition) is 2. The molecule has 20 heavy (non-hydrogen) atoms. The Hall–Kier alpha value is -2.25. The highest BCUT2D eigenvalue weighted by Crippen LogP contribution is 2.31. The predicted octanol–water partition coefficient (Wildman–Crippen LogP) is 2.44. The molecule has 1 heterocycles. The van der Waals surface area contributed by atoms with Crippen LogP contribution >= 0.6 is 0 Å². The number of halogens is 3. The molecule has 1 aliphatic carbocycles. The summed E-state index contributed by atoms with van der Waals surface area (Å²) >= 11 is 0. The van der Waals surface area contributed by atoms with Crippen LogP contribution in [0.2, 0.25) is 0 Å². The Kier molecular flexibility index (Phi) is 2.81. The van der Waals surface area contributed by atoms with Crippen LogP contribution in [0.15, 0.2) is 24.3 Å². The van der Waals surface area contributed by atoms with Crippen LogP contribution in [0.3, 0.4) is 0 Å². The molecule has 1 aliphatic rings. The van der Waals surface area contributed by atoms with Gasteiger partial charge in [-0.2, -0.15) is 22.8 Å². The van der Waals surface area contributed by atoms with Gasteiger partial charge in [0.15, 0.2) is 0 Å². The van der Waals surface area contributed by atoms with Gasteiger partial charge in [0.2, 0.25) is 11.9 Å². The third-order valence-corrected chi connectivity index (χ3v) is 2.96. The van der Waals surface area contributed by atoms with E-state index in [1.807, 2.05) is 0 Å². The van der Waals surface area contributed by atoms with Crippen LogP contribution in [0.4, 0.5) is 25.1 Å². The number of anilines is 2. The Bertz CT molecular complexity index is 630. The fraction of sp³-hybridized carbons (Fsp3) is 0.333. The van der Waals surface area contributed by atoms with Crippen molar-refractivity contribution in [2.75, 3.05) is 11.1 Å². The Morgan fingerprint density at radius 1 is 1.30 bits per heavy atom. The van der Waals surface area contributed by atoms with Gasteiger partial charge < -0.3 is 11.1 Å². The maximum Gasteiger partial charge on any atom is 0.416 e. The van der Waals surface area contributed by atoms with E-state index < -0.39 is 11.7 Å². The van der Waals surface area contributed by atoms with E-state index in [4.69, 9.17) is 5.73 Å². The summed E-state index contributed by atoms with van der Waals surface area (Å²) in [6, 6.07) is 5.15. The standard InChI is InChI=1S/C12H12F3N5/c13-12(14,15)7-2-1-3-9(6-7)20-10(16)18-11(19-20)17-8-4-5-8/h1-3,6,8H,4-5H2,(H3,16,17,18,19). The number of nitrogens with zero attached hydrogens (tertiary/aromatic N) is 3. The molecule has 8 heteroatoms. The zero-order chi connectivity index (χ0) is 14.3. The zero-order valence-electron chi connectivity index (χ0n) is 10.4. The van der Waals surface area contributed by atoms with Crippen molar-refractivity contribution in [1.29, 1.82) is 0 Å². The fourth-order valence-corrected chi connectivity index (χ4v) is 1.80. The van der Waals surface area contributed by atoms with Crippen molar-refractivity contribution < 1.29 is 13.2 Å². The minimum atomic E-state index is -4.40. The van der Waals surface area contributed by atoms with E-state index in [1.165, 1.54) is 16.8 Å². The highest BCUT2D eigenvalue weighted by Gasteiger charge is 2.31. The molecule has 0 unspecified atom stereocenters. The maximum atomic E-state index is 12.7. The van der Waals surface area contributed by atoms with Gasteiger partial charge in [0, 0.05) is 6.04 Å². The van der Waals surface area contributed by atoms with Gasteiger partial charge in [-0.25, -0.2) is 0 Å². The predicted molar refractivity (Wildman–Crippen MR) is 67.4 cm³/mol. The van der Waals surface area contributed by atoms with Gasteiger partial charge in [0.25, 0.3) is 0 Å². The van der Waals surface area contributed by atoms with Crippen LogP contribution in [0.25, 0.3) is 5.69 Å². The van der Waals surface area contributed by atoms with Crippen LogP contribution in [-0.4, -0.2) is 20.8 Å². The van der Waals surface area contributed by atoms with Crippen molar-refractivity contribution >= 4 is 11.9 Å². The molecule has 0 spiro atoms. The summed E-state index contributed by atoms with van der Waals surface area (Å²) in [4.78, 5) is 4.00. The smallest absolute Gasteiger partial charge is 0.368 e. The van der Waals surface area contributed by atoms with Crippen molar-refractivity contribution in [3.63, 3.8) is 0 Å². The van der Waals surface area contributed by atoms with Gasteiger partial charge in [0.1, 0.15) is 0 Å². The van der Waals surface area contributed by atoms with Crippen LogP contribution in [0, 0.1) is 0 Å². The van der Waals surface area contributed by atoms with E-state index in [-0.39, 0.29) is 11.6 Å². The minimum absolute atomic E-state index is 0.0486. The van der Waals surface area contributed by atoms with Crippen molar-refractivity contribution in [3.05, 3.63) is 29.8 Å². The van der Waals surface area contributed by atoms with Crippen molar-refractivity contribution in [2.45, 2.75) is 25.1 Å². The Labute approximate surface area is 112 Å². The molecule has 5 nitrogen and oxygen atoms in total. The average molecular weight is 283 g/mol. The van der Waals surface area contributed by atoms with Gasteiger partial charge in [-0.15, -0.1) is 5.10 Å². The summed E-state index contributed by atoms with van der Waals surface area (Å²) in [5.41, 5.74) is 5.18. The highest BCUT2D eigenvalue weighted by atomic mass is 19.4. The molecule has 0 radical (unpaired) electrons. The molecule has 1 saturated carbocycles. The zero-order valence-corrected chi connectivity index (χ0v) is 10.4. The van der Waals surface area contributed by atoms with E-state index in [1.54, 1.807) is 0 Å². The van der Waals surface area contributed by atoms with E-state index in [9.17, 15) is 13.2 Å². The molecule has 0 aliphatic heterocycles. The highest BCUT2D eigenvalue weighted by molar-refractivity contribution is 5.44. The minimum Gasteiger partial charge on any atom is -0.368 e.